The summed E-state index contributed by atoms with van der Waals surface area (Å²) in [6, 6.07) is 0. The molecule has 122 valence electrons. The number of halogens is 1. The van der Waals surface area contributed by atoms with E-state index in [0.29, 0.717) is 17.6 Å². The van der Waals surface area contributed by atoms with E-state index in [1.165, 1.54) is 10.9 Å². The van der Waals surface area contributed by atoms with E-state index in [-0.39, 0.29) is 18.1 Å². The molecule has 2 rings (SSSR count). The highest BCUT2D eigenvalue weighted by atomic mass is 79.9. The number of rotatable bonds is 7. The molecule has 0 bridgehead atoms. The zero-order valence-electron chi connectivity index (χ0n) is 12.0. The van der Waals surface area contributed by atoms with E-state index in [2.05, 4.69) is 31.2 Å². The van der Waals surface area contributed by atoms with Gasteiger partial charge in [0.05, 0.1) is 31.1 Å². The number of aromatic nitrogens is 2. The van der Waals surface area contributed by atoms with Gasteiger partial charge in [0.25, 0.3) is 0 Å². The average Bonchev–Trinajstić information content (AvgIpc) is 2.87. The van der Waals surface area contributed by atoms with Gasteiger partial charge in [-0.05, 0) is 20.9 Å². The zero-order valence-corrected chi connectivity index (χ0v) is 13.6. The molecule has 0 aromatic carbocycles. The molecule has 1 saturated heterocycles. The molecule has 0 saturated carbocycles. The van der Waals surface area contributed by atoms with Crippen LogP contribution in [-0.2, 0) is 16.1 Å². The number of hydrogen-bond acceptors (Lipinski definition) is 6. The van der Waals surface area contributed by atoms with E-state index >= 15 is 0 Å². The largest absolute Gasteiger partial charge is 0.404 e. The fourth-order valence-corrected chi connectivity index (χ4v) is 2.57. The molecule has 0 radical (unpaired) electrons. The van der Waals surface area contributed by atoms with Crippen LogP contribution in [0.15, 0.2) is 10.7 Å². The molecule has 0 aliphatic carbocycles. The molecule has 1 amide bonds. The van der Waals surface area contributed by atoms with Crippen molar-refractivity contribution in [1.82, 2.24) is 20.0 Å². The van der Waals surface area contributed by atoms with Gasteiger partial charge in [-0.3, -0.25) is 9.69 Å². The van der Waals surface area contributed by atoms with Crippen molar-refractivity contribution in [1.29, 1.82) is 0 Å². The summed E-state index contributed by atoms with van der Waals surface area (Å²) in [7, 11) is 0. The molecule has 1 aromatic heterocycles. The summed E-state index contributed by atoms with van der Waals surface area (Å²) in [5.41, 5.74) is 0. The second-order valence-corrected chi connectivity index (χ2v) is 5.73. The van der Waals surface area contributed by atoms with Crippen molar-refractivity contribution < 1.29 is 14.5 Å². The van der Waals surface area contributed by atoms with E-state index in [4.69, 9.17) is 4.74 Å². The predicted molar refractivity (Wildman–Crippen MR) is 81.5 cm³/mol. The van der Waals surface area contributed by atoms with Crippen LogP contribution in [0.2, 0.25) is 0 Å². The fraction of sp³-hybridized carbons (Fsp3) is 0.667. The maximum absolute atomic E-state index is 11.7. The third kappa shape index (κ3) is 5.04. The first-order valence-electron chi connectivity index (χ1n) is 7.00. The first-order chi connectivity index (χ1) is 10.6. The van der Waals surface area contributed by atoms with Crippen LogP contribution in [0.4, 0.5) is 5.82 Å². The summed E-state index contributed by atoms with van der Waals surface area (Å²) in [6.45, 7) is 4.94. The SMILES string of the molecule is O=C(CCn1cc(Br)c([N+](=O)[O-])n1)NCCN1CCOCC1. The minimum Gasteiger partial charge on any atom is -0.379 e. The number of carbonyl (C=O) groups excluding carboxylic acids is 1. The lowest BCUT2D eigenvalue weighted by Gasteiger charge is -2.26. The van der Waals surface area contributed by atoms with Crippen LogP contribution in [0.3, 0.4) is 0 Å². The summed E-state index contributed by atoms with van der Waals surface area (Å²) in [6.07, 6.45) is 1.73. The Morgan fingerprint density at radius 3 is 2.82 bits per heavy atom. The molecular formula is C12H18BrN5O4. The van der Waals surface area contributed by atoms with Gasteiger partial charge < -0.3 is 20.2 Å². The van der Waals surface area contributed by atoms with Crippen LogP contribution in [0, 0.1) is 10.1 Å². The fourth-order valence-electron chi connectivity index (χ4n) is 2.11. The smallest absolute Gasteiger partial charge is 0.379 e. The number of morpholine rings is 1. The van der Waals surface area contributed by atoms with Crippen LogP contribution in [-0.4, -0.2) is 64.9 Å². The number of nitrogens with zero attached hydrogens (tertiary/aromatic N) is 4. The van der Waals surface area contributed by atoms with Crippen molar-refractivity contribution in [2.24, 2.45) is 0 Å². The monoisotopic (exact) mass is 375 g/mol. The number of nitro groups is 1. The Morgan fingerprint density at radius 1 is 1.45 bits per heavy atom. The standard InChI is InChI=1S/C12H18BrN5O4/c13-10-9-17(15-12(10)18(20)21)3-1-11(19)14-2-4-16-5-7-22-8-6-16/h9H,1-8H2,(H,14,19). The maximum Gasteiger partial charge on any atom is 0.404 e. The predicted octanol–water partition coefficient (Wildman–Crippen LogP) is 0.392. The summed E-state index contributed by atoms with van der Waals surface area (Å²) in [4.78, 5) is 24.1. The summed E-state index contributed by atoms with van der Waals surface area (Å²) in [5, 5.41) is 17.3. The van der Waals surface area contributed by atoms with Gasteiger partial charge in [-0.15, -0.1) is 0 Å². The molecule has 22 heavy (non-hydrogen) atoms. The number of amides is 1. The second-order valence-electron chi connectivity index (χ2n) is 4.87. The second kappa shape index (κ2) is 8.20. The molecule has 10 heteroatoms. The first-order valence-corrected chi connectivity index (χ1v) is 7.79. The van der Waals surface area contributed by atoms with E-state index in [0.717, 1.165) is 32.8 Å². The summed E-state index contributed by atoms with van der Waals surface area (Å²) < 4.78 is 6.96. The van der Waals surface area contributed by atoms with Crippen LogP contribution in [0.1, 0.15) is 6.42 Å². The van der Waals surface area contributed by atoms with E-state index in [1.54, 1.807) is 0 Å². The lowest BCUT2D eigenvalue weighted by atomic mass is 10.3. The lowest BCUT2D eigenvalue weighted by Crippen LogP contribution is -2.41. The first kappa shape index (κ1) is 16.8. The Labute approximate surface area is 135 Å². The highest BCUT2D eigenvalue weighted by molar-refractivity contribution is 9.10. The molecule has 0 spiro atoms. The third-order valence-corrected chi connectivity index (χ3v) is 3.85. The molecule has 1 aliphatic heterocycles. The highest BCUT2D eigenvalue weighted by Gasteiger charge is 2.18. The minimum atomic E-state index is -0.566. The van der Waals surface area contributed by atoms with Gasteiger partial charge in [0.2, 0.25) is 5.91 Å². The van der Waals surface area contributed by atoms with Crippen LogP contribution >= 0.6 is 15.9 Å². The molecule has 1 fully saturated rings. The molecule has 2 heterocycles. The Morgan fingerprint density at radius 2 is 2.18 bits per heavy atom. The molecule has 1 aromatic rings. The number of carbonyl (C=O) groups is 1. The van der Waals surface area contributed by atoms with Crippen LogP contribution < -0.4 is 5.32 Å². The van der Waals surface area contributed by atoms with Gasteiger partial charge in [0.1, 0.15) is 4.47 Å². The summed E-state index contributed by atoms with van der Waals surface area (Å²) >= 11 is 3.07. The summed E-state index contributed by atoms with van der Waals surface area (Å²) in [5.74, 6) is -0.338. The van der Waals surface area contributed by atoms with Gasteiger partial charge in [-0.2, -0.15) is 4.68 Å². The van der Waals surface area contributed by atoms with Gasteiger partial charge in [-0.25, -0.2) is 0 Å². The highest BCUT2D eigenvalue weighted by Crippen LogP contribution is 2.21. The van der Waals surface area contributed by atoms with E-state index in [1.807, 2.05) is 0 Å². The number of nitrogens with one attached hydrogen (secondary N) is 1. The molecule has 0 unspecified atom stereocenters. The molecule has 1 N–H and O–H groups in total. The topological polar surface area (TPSA) is 103 Å². The molecule has 0 atom stereocenters. The van der Waals surface area contributed by atoms with Crippen molar-refractivity contribution >= 4 is 27.7 Å². The van der Waals surface area contributed by atoms with Gasteiger partial charge in [0.15, 0.2) is 0 Å². The molecular weight excluding hydrogens is 358 g/mol. The van der Waals surface area contributed by atoms with Crippen molar-refractivity contribution in [3.05, 3.63) is 20.8 Å². The Kier molecular flexibility index (Phi) is 6.28. The quantitative estimate of drug-likeness (QED) is 0.546. The minimum absolute atomic E-state index is 0.0949. The van der Waals surface area contributed by atoms with Crippen molar-refractivity contribution in [2.75, 3.05) is 39.4 Å². The normalized spacial score (nSPS) is 15.7. The Balaban J connectivity index is 1.66. The average molecular weight is 376 g/mol. The number of ether oxygens (including phenoxy) is 1. The maximum atomic E-state index is 11.7. The lowest BCUT2D eigenvalue weighted by molar-refractivity contribution is -0.390. The van der Waals surface area contributed by atoms with Crippen LogP contribution in [0.25, 0.3) is 0 Å². The number of hydrogen-bond donors (Lipinski definition) is 1. The zero-order chi connectivity index (χ0) is 15.9. The van der Waals surface area contributed by atoms with Crippen molar-refractivity contribution in [3.63, 3.8) is 0 Å². The van der Waals surface area contributed by atoms with Gasteiger partial charge in [-0.1, -0.05) is 0 Å². The van der Waals surface area contributed by atoms with Gasteiger partial charge >= 0.3 is 5.82 Å². The number of aryl methyl sites for hydroxylation is 1. The third-order valence-electron chi connectivity index (χ3n) is 3.29. The van der Waals surface area contributed by atoms with Crippen molar-refractivity contribution in [2.45, 2.75) is 13.0 Å². The van der Waals surface area contributed by atoms with E-state index < -0.39 is 4.92 Å². The van der Waals surface area contributed by atoms with Crippen LogP contribution in [0.5, 0.6) is 0 Å². The Bertz CT molecular complexity index is 530. The molecule has 9 nitrogen and oxygen atoms in total. The molecule has 1 aliphatic rings. The Hall–Kier alpha value is -1.52. The van der Waals surface area contributed by atoms with Gasteiger partial charge in [0, 0.05) is 32.6 Å². The van der Waals surface area contributed by atoms with E-state index in [9.17, 15) is 14.9 Å². The van der Waals surface area contributed by atoms with Crippen molar-refractivity contribution in [3.8, 4) is 0 Å².